The molecule has 112 valence electrons. The van der Waals surface area contributed by atoms with Crippen LogP contribution in [-0.4, -0.2) is 55.4 Å². The fourth-order valence-corrected chi connectivity index (χ4v) is 4.30. The van der Waals surface area contributed by atoms with E-state index in [4.69, 9.17) is 9.84 Å². The van der Waals surface area contributed by atoms with Crippen molar-refractivity contribution in [3.05, 3.63) is 0 Å². The highest BCUT2D eigenvalue weighted by molar-refractivity contribution is 7.89. The molecule has 0 aromatic carbocycles. The van der Waals surface area contributed by atoms with Gasteiger partial charge in [0, 0.05) is 13.2 Å². The number of rotatable bonds is 7. The minimum atomic E-state index is -3.53. The lowest BCUT2D eigenvalue weighted by molar-refractivity contribution is -0.142. The number of ether oxygens (including phenoxy) is 1. The van der Waals surface area contributed by atoms with Crippen LogP contribution in [0.1, 0.15) is 33.1 Å². The number of aliphatic carboxylic acids is 1. The van der Waals surface area contributed by atoms with Gasteiger partial charge in [0.25, 0.3) is 0 Å². The van der Waals surface area contributed by atoms with Crippen LogP contribution in [0, 0.1) is 5.92 Å². The van der Waals surface area contributed by atoms with Crippen LogP contribution in [0.2, 0.25) is 0 Å². The zero-order valence-electron chi connectivity index (χ0n) is 11.5. The second-order valence-corrected chi connectivity index (χ2v) is 6.97. The molecule has 1 aliphatic rings. The zero-order chi connectivity index (χ0) is 14.5. The fourth-order valence-electron chi connectivity index (χ4n) is 2.31. The van der Waals surface area contributed by atoms with Gasteiger partial charge in [-0.2, -0.15) is 4.31 Å². The predicted octanol–water partition coefficient (Wildman–Crippen LogP) is 0.928. The molecule has 19 heavy (non-hydrogen) atoms. The molecule has 2 atom stereocenters. The third-order valence-corrected chi connectivity index (χ3v) is 5.34. The van der Waals surface area contributed by atoms with Crippen molar-refractivity contribution in [1.82, 2.24) is 4.31 Å². The van der Waals surface area contributed by atoms with Crippen LogP contribution in [0.5, 0.6) is 0 Å². The van der Waals surface area contributed by atoms with Gasteiger partial charge in [-0.15, -0.1) is 0 Å². The molecule has 2 unspecified atom stereocenters. The van der Waals surface area contributed by atoms with Crippen molar-refractivity contribution >= 4 is 16.0 Å². The maximum atomic E-state index is 12.3. The molecule has 1 N–H and O–H groups in total. The number of nitrogens with zero attached hydrogens (tertiary/aromatic N) is 1. The monoisotopic (exact) mass is 293 g/mol. The van der Waals surface area contributed by atoms with Crippen molar-refractivity contribution < 1.29 is 23.1 Å². The first-order valence-electron chi connectivity index (χ1n) is 6.68. The molecule has 0 aromatic heterocycles. The van der Waals surface area contributed by atoms with Crippen molar-refractivity contribution in [3.8, 4) is 0 Å². The zero-order valence-corrected chi connectivity index (χ0v) is 12.4. The number of hydrogen-bond acceptors (Lipinski definition) is 4. The van der Waals surface area contributed by atoms with Gasteiger partial charge in [-0.3, -0.25) is 4.79 Å². The van der Waals surface area contributed by atoms with Crippen molar-refractivity contribution in [1.29, 1.82) is 0 Å². The highest BCUT2D eigenvalue weighted by atomic mass is 32.2. The first kappa shape index (κ1) is 16.4. The highest BCUT2D eigenvalue weighted by Gasteiger charge is 2.37. The second-order valence-electron chi connectivity index (χ2n) is 5.00. The van der Waals surface area contributed by atoms with Crippen LogP contribution in [-0.2, 0) is 19.6 Å². The lowest BCUT2D eigenvalue weighted by atomic mass is 10.1. The summed E-state index contributed by atoms with van der Waals surface area (Å²) in [6.45, 7) is 4.88. The van der Waals surface area contributed by atoms with Gasteiger partial charge in [0.2, 0.25) is 10.0 Å². The van der Waals surface area contributed by atoms with Crippen molar-refractivity contribution in [2.75, 3.05) is 25.5 Å². The minimum Gasteiger partial charge on any atom is -0.480 e. The van der Waals surface area contributed by atoms with Gasteiger partial charge >= 0.3 is 5.97 Å². The molecule has 0 aromatic rings. The van der Waals surface area contributed by atoms with Crippen molar-refractivity contribution in [2.45, 2.75) is 39.2 Å². The molecule has 1 fully saturated rings. The van der Waals surface area contributed by atoms with E-state index in [-0.39, 0.29) is 11.7 Å². The van der Waals surface area contributed by atoms with E-state index in [0.717, 1.165) is 17.1 Å². The quantitative estimate of drug-likeness (QED) is 0.755. The fraction of sp³-hybridized carbons (Fsp3) is 0.917. The molecule has 1 rings (SSSR count). The second kappa shape index (κ2) is 7.21. The molecule has 7 heteroatoms. The van der Waals surface area contributed by atoms with E-state index in [2.05, 4.69) is 0 Å². The maximum absolute atomic E-state index is 12.3. The van der Waals surface area contributed by atoms with E-state index in [9.17, 15) is 13.2 Å². The molecule has 1 saturated heterocycles. The van der Waals surface area contributed by atoms with Crippen LogP contribution in [0.25, 0.3) is 0 Å². The highest BCUT2D eigenvalue weighted by Crippen LogP contribution is 2.22. The largest absolute Gasteiger partial charge is 0.480 e. The maximum Gasteiger partial charge on any atom is 0.322 e. The molecule has 1 heterocycles. The predicted molar refractivity (Wildman–Crippen MR) is 71.4 cm³/mol. The van der Waals surface area contributed by atoms with E-state index in [1.807, 2.05) is 6.92 Å². The summed E-state index contributed by atoms with van der Waals surface area (Å²) in [4.78, 5) is 11.1. The van der Waals surface area contributed by atoms with Gasteiger partial charge in [-0.1, -0.05) is 6.92 Å². The number of carboxylic acids is 1. The average molecular weight is 293 g/mol. The number of carbonyl (C=O) groups is 1. The molecule has 0 amide bonds. The molecular weight excluding hydrogens is 270 g/mol. The first-order valence-corrected chi connectivity index (χ1v) is 8.29. The van der Waals surface area contributed by atoms with Gasteiger partial charge in [0.05, 0.1) is 12.4 Å². The molecule has 0 saturated carbocycles. The Hall–Kier alpha value is -0.660. The first-order chi connectivity index (χ1) is 8.88. The Balaban J connectivity index is 2.71. The number of sulfonamides is 1. The Labute approximate surface area is 114 Å². The molecule has 0 spiro atoms. The third-order valence-electron chi connectivity index (χ3n) is 3.20. The van der Waals surface area contributed by atoms with E-state index in [0.29, 0.717) is 26.2 Å². The molecule has 0 aliphatic carbocycles. The number of hydrogen-bond donors (Lipinski definition) is 1. The summed E-state index contributed by atoms with van der Waals surface area (Å²) in [5, 5.41) is 9.12. The summed E-state index contributed by atoms with van der Waals surface area (Å²) in [5.74, 6) is -1.25. The van der Waals surface area contributed by atoms with Crippen LogP contribution >= 0.6 is 0 Å². The number of piperidine rings is 1. The van der Waals surface area contributed by atoms with Crippen molar-refractivity contribution in [2.24, 2.45) is 5.92 Å². The van der Waals surface area contributed by atoms with Gasteiger partial charge in [-0.25, -0.2) is 8.42 Å². The molecule has 1 aliphatic heterocycles. The summed E-state index contributed by atoms with van der Waals surface area (Å²) in [7, 11) is -3.53. The van der Waals surface area contributed by atoms with Gasteiger partial charge < -0.3 is 9.84 Å². The Morgan fingerprint density at radius 2 is 2.16 bits per heavy atom. The molecule has 6 nitrogen and oxygen atoms in total. The van der Waals surface area contributed by atoms with Crippen LogP contribution in [0.4, 0.5) is 0 Å². The van der Waals surface area contributed by atoms with Gasteiger partial charge in [0.15, 0.2) is 0 Å². The van der Waals surface area contributed by atoms with E-state index in [1.165, 1.54) is 0 Å². The van der Waals surface area contributed by atoms with E-state index < -0.39 is 22.0 Å². The summed E-state index contributed by atoms with van der Waals surface area (Å²) in [6.07, 6.45) is 1.88. The summed E-state index contributed by atoms with van der Waals surface area (Å²) in [6, 6.07) is -0.905. The van der Waals surface area contributed by atoms with Gasteiger partial charge in [-0.05, 0) is 32.1 Å². The molecule has 0 radical (unpaired) electrons. The van der Waals surface area contributed by atoms with Crippen LogP contribution in [0.15, 0.2) is 0 Å². The third kappa shape index (κ3) is 4.74. The van der Waals surface area contributed by atoms with Gasteiger partial charge in [0.1, 0.15) is 6.04 Å². The van der Waals surface area contributed by atoms with Crippen LogP contribution in [0.3, 0.4) is 0 Å². The van der Waals surface area contributed by atoms with Crippen molar-refractivity contribution in [3.63, 3.8) is 0 Å². The smallest absolute Gasteiger partial charge is 0.322 e. The topological polar surface area (TPSA) is 83.9 Å². The number of carboxylic acid groups (broad SMARTS) is 1. The van der Waals surface area contributed by atoms with Crippen LogP contribution < -0.4 is 0 Å². The summed E-state index contributed by atoms with van der Waals surface area (Å²) < 4.78 is 30.9. The standard InChI is InChI=1S/C12H23NO5S/c1-3-18-8-10(2)9-19(16,17)13-7-5-4-6-11(13)12(14)15/h10-11H,3-9H2,1-2H3,(H,14,15). The Bertz CT molecular complexity index is 395. The summed E-state index contributed by atoms with van der Waals surface area (Å²) >= 11 is 0. The van der Waals surface area contributed by atoms with E-state index in [1.54, 1.807) is 6.92 Å². The Kier molecular flexibility index (Phi) is 6.22. The summed E-state index contributed by atoms with van der Waals surface area (Å²) in [5.41, 5.74) is 0. The lowest BCUT2D eigenvalue weighted by Crippen LogP contribution is -2.49. The average Bonchev–Trinajstić information content (AvgIpc) is 2.35. The Morgan fingerprint density at radius 3 is 2.74 bits per heavy atom. The lowest BCUT2D eigenvalue weighted by Gasteiger charge is -2.32. The molecule has 0 bridgehead atoms. The minimum absolute atomic E-state index is 0.0587. The SMILES string of the molecule is CCOCC(C)CS(=O)(=O)N1CCCCC1C(=O)O. The normalized spacial score (nSPS) is 23.2. The Morgan fingerprint density at radius 1 is 1.47 bits per heavy atom. The molecular formula is C12H23NO5S. The van der Waals surface area contributed by atoms with E-state index >= 15 is 0 Å².